The normalized spacial score (nSPS) is 36.9. The van der Waals surface area contributed by atoms with Gasteiger partial charge in [0.25, 0.3) is 0 Å². The number of hydrogen-bond donors (Lipinski definition) is 1. The Kier molecular flexibility index (Phi) is 3.89. The summed E-state index contributed by atoms with van der Waals surface area (Å²) in [6, 6.07) is 0. The third-order valence-corrected chi connectivity index (χ3v) is 5.51. The number of ether oxygens (including phenoxy) is 1. The quantitative estimate of drug-likeness (QED) is 0.802. The van der Waals surface area contributed by atoms with Gasteiger partial charge < -0.3 is 14.7 Å². The summed E-state index contributed by atoms with van der Waals surface area (Å²) in [6.45, 7) is 10.6. The van der Waals surface area contributed by atoms with Crippen LogP contribution in [-0.4, -0.2) is 62.7 Å². The molecular formula is C13H25NO3S. The van der Waals surface area contributed by atoms with Crippen LogP contribution in [0.4, 0.5) is 0 Å². The smallest absolute Gasteiger partial charge is 0.0896 e. The van der Waals surface area contributed by atoms with Crippen LogP contribution in [0.25, 0.3) is 0 Å². The average Bonchev–Trinajstić information content (AvgIpc) is 2.39. The van der Waals surface area contributed by atoms with Crippen molar-refractivity contribution in [3.63, 3.8) is 0 Å². The largest absolute Gasteiger partial charge is 0.390 e. The molecule has 0 saturated carbocycles. The first kappa shape index (κ1) is 14.4. The lowest BCUT2D eigenvalue weighted by molar-refractivity contribution is -0.0913. The Labute approximate surface area is 112 Å². The Morgan fingerprint density at radius 1 is 1.22 bits per heavy atom. The molecule has 2 aliphatic heterocycles. The van der Waals surface area contributed by atoms with Gasteiger partial charge in [-0.15, -0.1) is 0 Å². The van der Waals surface area contributed by atoms with Crippen molar-refractivity contribution in [3.05, 3.63) is 0 Å². The fourth-order valence-corrected chi connectivity index (χ4v) is 4.26. The zero-order valence-electron chi connectivity index (χ0n) is 11.8. The van der Waals surface area contributed by atoms with E-state index in [-0.39, 0.29) is 11.5 Å². The van der Waals surface area contributed by atoms with Gasteiger partial charge in [0.2, 0.25) is 0 Å². The summed E-state index contributed by atoms with van der Waals surface area (Å²) in [6.07, 6.45) is -0.445. The van der Waals surface area contributed by atoms with Crippen molar-refractivity contribution in [2.45, 2.75) is 45.0 Å². The second kappa shape index (κ2) is 4.85. The maximum Gasteiger partial charge on any atom is 0.0896 e. The van der Waals surface area contributed by atoms with Crippen molar-refractivity contribution in [3.8, 4) is 0 Å². The molecule has 2 aliphatic rings. The molecule has 0 spiro atoms. The molecular weight excluding hydrogens is 250 g/mol. The van der Waals surface area contributed by atoms with Crippen LogP contribution in [-0.2, 0) is 15.5 Å². The predicted molar refractivity (Wildman–Crippen MR) is 73.1 cm³/mol. The van der Waals surface area contributed by atoms with Gasteiger partial charge in [-0.2, -0.15) is 0 Å². The van der Waals surface area contributed by atoms with E-state index in [1.54, 1.807) is 0 Å². The second-order valence-corrected chi connectivity index (χ2v) is 8.21. The molecule has 2 unspecified atom stereocenters. The highest BCUT2D eigenvalue weighted by Crippen LogP contribution is 2.42. The fraction of sp³-hybridized carbons (Fsp3) is 1.00. The lowest BCUT2D eigenvalue weighted by Crippen LogP contribution is -2.47. The van der Waals surface area contributed by atoms with E-state index < -0.39 is 22.5 Å². The lowest BCUT2D eigenvalue weighted by atomic mass is 9.84. The van der Waals surface area contributed by atoms with E-state index in [1.165, 1.54) is 0 Å². The van der Waals surface area contributed by atoms with E-state index in [0.717, 1.165) is 31.1 Å². The molecule has 0 aromatic heterocycles. The van der Waals surface area contributed by atoms with Crippen LogP contribution >= 0.6 is 0 Å². The van der Waals surface area contributed by atoms with Gasteiger partial charge in [-0.3, -0.25) is 4.21 Å². The highest BCUT2D eigenvalue weighted by Gasteiger charge is 2.53. The molecule has 2 atom stereocenters. The van der Waals surface area contributed by atoms with Crippen molar-refractivity contribution < 1.29 is 14.1 Å². The van der Waals surface area contributed by atoms with Crippen LogP contribution < -0.4 is 0 Å². The molecule has 0 radical (unpaired) electrons. The van der Waals surface area contributed by atoms with E-state index >= 15 is 0 Å². The van der Waals surface area contributed by atoms with Gasteiger partial charge in [0.05, 0.1) is 17.3 Å². The Bertz CT molecular complexity index is 333. The third kappa shape index (κ3) is 2.79. The van der Waals surface area contributed by atoms with E-state index in [9.17, 15) is 9.32 Å². The van der Waals surface area contributed by atoms with E-state index in [4.69, 9.17) is 4.74 Å². The maximum absolute atomic E-state index is 11.4. The van der Waals surface area contributed by atoms with E-state index in [0.29, 0.717) is 0 Å². The third-order valence-electron chi connectivity index (χ3n) is 4.24. The summed E-state index contributed by atoms with van der Waals surface area (Å²) < 4.78 is 17.3. The highest BCUT2D eigenvalue weighted by atomic mass is 32.2. The molecule has 1 N–H and O–H groups in total. The standard InChI is InChI=1S/C13H25NO3S/c1-12(2)10(11(15)13(3,4)17-12)9-14-5-7-18(16)8-6-14/h10-11,15H,5-9H2,1-4H3. The van der Waals surface area contributed by atoms with Crippen molar-refractivity contribution >= 4 is 10.8 Å². The molecule has 2 fully saturated rings. The summed E-state index contributed by atoms with van der Waals surface area (Å²) in [4.78, 5) is 2.31. The minimum Gasteiger partial charge on any atom is -0.390 e. The number of rotatable bonds is 2. The van der Waals surface area contributed by atoms with Crippen LogP contribution in [0.3, 0.4) is 0 Å². The summed E-state index contributed by atoms with van der Waals surface area (Å²) in [7, 11) is -0.643. The van der Waals surface area contributed by atoms with Gasteiger partial charge >= 0.3 is 0 Å². The molecule has 5 heteroatoms. The zero-order valence-corrected chi connectivity index (χ0v) is 12.6. The Hall–Kier alpha value is 0.0300. The van der Waals surface area contributed by atoms with Crippen molar-refractivity contribution in [1.82, 2.24) is 4.90 Å². The Morgan fingerprint density at radius 2 is 1.78 bits per heavy atom. The topological polar surface area (TPSA) is 49.8 Å². The number of hydrogen-bond acceptors (Lipinski definition) is 4. The SMILES string of the molecule is CC1(C)OC(C)(C)C(CN2CCS(=O)CC2)C1O. The first-order chi connectivity index (χ1) is 8.22. The number of nitrogens with zero attached hydrogens (tertiary/aromatic N) is 1. The van der Waals surface area contributed by atoms with Gasteiger partial charge in [-0.25, -0.2) is 0 Å². The molecule has 0 aromatic carbocycles. The minimum atomic E-state index is -0.643. The predicted octanol–water partition coefficient (Wildman–Crippen LogP) is 0.615. The molecule has 106 valence electrons. The molecule has 0 amide bonds. The van der Waals surface area contributed by atoms with Gasteiger partial charge in [-0.05, 0) is 27.7 Å². The second-order valence-electron chi connectivity index (χ2n) is 6.51. The van der Waals surface area contributed by atoms with E-state index in [2.05, 4.69) is 18.7 Å². The van der Waals surface area contributed by atoms with Crippen LogP contribution in [0.5, 0.6) is 0 Å². The summed E-state index contributed by atoms with van der Waals surface area (Å²) in [5, 5.41) is 10.4. The molecule has 2 saturated heterocycles. The van der Waals surface area contributed by atoms with Gasteiger partial charge in [0, 0.05) is 47.9 Å². The van der Waals surface area contributed by atoms with E-state index in [1.807, 2.05) is 13.8 Å². The lowest BCUT2D eigenvalue weighted by Gasteiger charge is -2.34. The van der Waals surface area contributed by atoms with Crippen LogP contribution in [0.2, 0.25) is 0 Å². The molecule has 0 aliphatic carbocycles. The van der Waals surface area contributed by atoms with Gasteiger partial charge in [-0.1, -0.05) is 0 Å². The van der Waals surface area contributed by atoms with Crippen LogP contribution in [0.15, 0.2) is 0 Å². The Balaban J connectivity index is 2.02. The molecule has 4 nitrogen and oxygen atoms in total. The molecule has 0 bridgehead atoms. The first-order valence-electron chi connectivity index (χ1n) is 6.68. The number of aliphatic hydroxyl groups is 1. The molecule has 2 heterocycles. The van der Waals surface area contributed by atoms with Crippen LogP contribution in [0.1, 0.15) is 27.7 Å². The Morgan fingerprint density at radius 3 is 2.22 bits per heavy atom. The van der Waals surface area contributed by atoms with Gasteiger partial charge in [0.15, 0.2) is 0 Å². The van der Waals surface area contributed by atoms with Crippen molar-refractivity contribution in [1.29, 1.82) is 0 Å². The maximum atomic E-state index is 11.4. The fourth-order valence-electron chi connectivity index (χ4n) is 3.13. The zero-order chi connectivity index (χ0) is 13.6. The molecule has 2 rings (SSSR count). The minimum absolute atomic E-state index is 0.110. The molecule has 18 heavy (non-hydrogen) atoms. The summed E-state index contributed by atoms with van der Waals surface area (Å²) >= 11 is 0. The van der Waals surface area contributed by atoms with Crippen LogP contribution in [0, 0.1) is 5.92 Å². The summed E-state index contributed by atoms with van der Waals surface area (Å²) in [5.41, 5.74) is -0.785. The van der Waals surface area contributed by atoms with Crippen molar-refractivity contribution in [2.24, 2.45) is 5.92 Å². The monoisotopic (exact) mass is 275 g/mol. The van der Waals surface area contributed by atoms with Crippen molar-refractivity contribution in [2.75, 3.05) is 31.1 Å². The van der Waals surface area contributed by atoms with Gasteiger partial charge in [0.1, 0.15) is 0 Å². The summed E-state index contributed by atoms with van der Waals surface area (Å²) in [5.74, 6) is 1.63. The highest BCUT2D eigenvalue weighted by molar-refractivity contribution is 7.85. The number of aliphatic hydroxyl groups excluding tert-OH is 1. The molecule has 0 aromatic rings. The average molecular weight is 275 g/mol. The first-order valence-corrected chi connectivity index (χ1v) is 8.17.